The summed E-state index contributed by atoms with van der Waals surface area (Å²) in [6.07, 6.45) is 1.26. The predicted molar refractivity (Wildman–Crippen MR) is 72.5 cm³/mol. The van der Waals surface area contributed by atoms with Crippen molar-refractivity contribution in [3.05, 3.63) is 32.3 Å². The van der Waals surface area contributed by atoms with Crippen LogP contribution in [0.5, 0.6) is 0 Å². The topological polar surface area (TPSA) is 98.8 Å². The van der Waals surface area contributed by atoms with Gasteiger partial charge in [-0.3, -0.25) is 10.1 Å². The summed E-state index contributed by atoms with van der Waals surface area (Å²) in [5.74, 6) is 0.286. The zero-order valence-corrected chi connectivity index (χ0v) is 12.1. The van der Waals surface area contributed by atoms with Gasteiger partial charge in [0.2, 0.25) is 11.6 Å². The van der Waals surface area contributed by atoms with Crippen LogP contribution in [0.15, 0.2) is 10.8 Å². The molecular formula is C10H11BrN6O2. The van der Waals surface area contributed by atoms with Gasteiger partial charge in [0.15, 0.2) is 0 Å². The smallest absolute Gasteiger partial charge is 0.355 e. The van der Waals surface area contributed by atoms with Gasteiger partial charge in [-0.2, -0.15) is 5.10 Å². The molecule has 0 spiro atoms. The van der Waals surface area contributed by atoms with Gasteiger partial charge in [-0.15, -0.1) is 0 Å². The molecule has 0 aromatic carbocycles. The molecule has 100 valence electrons. The van der Waals surface area contributed by atoms with Crippen molar-refractivity contribution < 1.29 is 4.92 Å². The number of nitrogens with zero attached hydrogens (tertiary/aromatic N) is 5. The number of hydrogen-bond donors (Lipinski definition) is 1. The molecule has 0 radical (unpaired) electrons. The number of aromatic nitrogens is 4. The van der Waals surface area contributed by atoms with Crippen molar-refractivity contribution in [3.8, 4) is 5.82 Å². The molecule has 0 aliphatic rings. The molecule has 2 aromatic heterocycles. The number of nitrogens with one attached hydrogen (secondary N) is 1. The molecule has 2 rings (SSSR count). The highest BCUT2D eigenvalue weighted by molar-refractivity contribution is 9.10. The first-order valence-electron chi connectivity index (χ1n) is 5.36. The lowest BCUT2D eigenvalue weighted by Crippen LogP contribution is -2.09. The third-order valence-corrected chi connectivity index (χ3v) is 3.77. The van der Waals surface area contributed by atoms with Gasteiger partial charge >= 0.3 is 5.69 Å². The minimum Gasteiger partial charge on any atom is -0.367 e. The van der Waals surface area contributed by atoms with Crippen LogP contribution in [0.25, 0.3) is 5.82 Å². The molecule has 0 fully saturated rings. The van der Waals surface area contributed by atoms with E-state index in [9.17, 15) is 10.1 Å². The van der Waals surface area contributed by atoms with Crippen LogP contribution in [0.2, 0.25) is 0 Å². The number of nitro groups is 1. The van der Waals surface area contributed by atoms with Crippen LogP contribution < -0.4 is 5.32 Å². The largest absolute Gasteiger partial charge is 0.367 e. The third kappa shape index (κ3) is 2.16. The quantitative estimate of drug-likeness (QED) is 0.684. The van der Waals surface area contributed by atoms with Crippen molar-refractivity contribution in [2.45, 2.75) is 13.8 Å². The molecule has 9 heteroatoms. The van der Waals surface area contributed by atoms with Gasteiger partial charge < -0.3 is 5.32 Å². The minimum atomic E-state index is -0.522. The van der Waals surface area contributed by atoms with E-state index in [4.69, 9.17) is 0 Å². The second-order valence-electron chi connectivity index (χ2n) is 3.80. The van der Waals surface area contributed by atoms with E-state index in [0.29, 0.717) is 0 Å². The summed E-state index contributed by atoms with van der Waals surface area (Å²) in [4.78, 5) is 18.5. The first kappa shape index (κ1) is 13.4. The lowest BCUT2D eigenvalue weighted by Gasteiger charge is -2.06. The molecule has 0 aliphatic heterocycles. The number of halogens is 1. The van der Waals surface area contributed by atoms with Crippen molar-refractivity contribution >= 4 is 27.4 Å². The summed E-state index contributed by atoms with van der Waals surface area (Å²) in [6, 6.07) is 0. The Balaban J connectivity index is 2.75. The standard InChI is InChI=1S/C10H11BrN6O2/c1-5-7(11)6(2)16(15-5)10-8(17(18)19)9(12-3)13-4-14-10/h4H,1-3H3,(H,12,13,14). The minimum absolute atomic E-state index is 0.135. The molecule has 8 nitrogen and oxygen atoms in total. The molecule has 0 atom stereocenters. The molecule has 19 heavy (non-hydrogen) atoms. The predicted octanol–water partition coefficient (Wildman–Crippen LogP) is 1.99. The maximum Gasteiger partial charge on any atom is 0.355 e. The van der Waals surface area contributed by atoms with Crippen molar-refractivity contribution in [2.24, 2.45) is 0 Å². The first-order chi connectivity index (χ1) is 8.97. The van der Waals surface area contributed by atoms with Gasteiger partial charge in [-0.05, 0) is 29.8 Å². The molecule has 0 bridgehead atoms. The molecule has 0 saturated heterocycles. The van der Waals surface area contributed by atoms with Gasteiger partial charge in [0.05, 0.1) is 20.8 Å². The van der Waals surface area contributed by atoms with E-state index in [0.717, 1.165) is 15.9 Å². The Bertz CT molecular complexity index is 654. The van der Waals surface area contributed by atoms with Crippen LogP contribution in [-0.2, 0) is 0 Å². The fourth-order valence-corrected chi connectivity index (χ4v) is 1.95. The van der Waals surface area contributed by atoms with Crippen molar-refractivity contribution in [1.29, 1.82) is 0 Å². The van der Waals surface area contributed by atoms with Crippen LogP contribution in [0.1, 0.15) is 11.4 Å². The zero-order chi connectivity index (χ0) is 14.2. The summed E-state index contributed by atoms with van der Waals surface area (Å²) < 4.78 is 2.23. The van der Waals surface area contributed by atoms with E-state index in [-0.39, 0.29) is 17.3 Å². The molecule has 1 N–H and O–H groups in total. The number of hydrogen-bond acceptors (Lipinski definition) is 6. The summed E-state index contributed by atoms with van der Waals surface area (Å²) >= 11 is 3.38. The second kappa shape index (κ2) is 4.92. The molecule has 2 aromatic rings. The van der Waals surface area contributed by atoms with Gasteiger partial charge in [0, 0.05) is 7.05 Å². The maximum absolute atomic E-state index is 11.2. The number of anilines is 1. The van der Waals surface area contributed by atoms with Gasteiger partial charge in [0.1, 0.15) is 6.33 Å². The van der Waals surface area contributed by atoms with E-state index >= 15 is 0 Å². The molecule has 0 saturated carbocycles. The van der Waals surface area contributed by atoms with Crippen LogP contribution in [-0.4, -0.2) is 31.7 Å². The highest BCUT2D eigenvalue weighted by Crippen LogP contribution is 2.30. The Morgan fingerprint density at radius 3 is 2.58 bits per heavy atom. The Morgan fingerprint density at radius 1 is 1.42 bits per heavy atom. The first-order valence-corrected chi connectivity index (χ1v) is 6.16. The fourth-order valence-electron chi connectivity index (χ4n) is 1.71. The van der Waals surface area contributed by atoms with Gasteiger partial charge in [-0.1, -0.05) is 0 Å². The Hall–Kier alpha value is -2.03. The van der Waals surface area contributed by atoms with Gasteiger partial charge in [-0.25, -0.2) is 14.6 Å². The summed E-state index contributed by atoms with van der Waals surface area (Å²) in [6.45, 7) is 3.61. The third-order valence-electron chi connectivity index (χ3n) is 2.63. The number of aryl methyl sites for hydroxylation is 1. The van der Waals surface area contributed by atoms with E-state index in [2.05, 4.69) is 36.3 Å². The Labute approximate surface area is 117 Å². The van der Waals surface area contributed by atoms with Crippen molar-refractivity contribution in [3.63, 3.8) is 0 Å². The van der Waals surface area contributed by atoms with Crippen LogP contribution in [0.4, 0.5) is 11.5 Å². The highest BCUT2D eigenvalue weighted by atomic mass is 79.9. The van der Waals surface area contributed by atoms with E-state index in [1.807, 2.05) is 0 Å². The van der Waals surface area contributed by atoms with E-state index < -0.39 is 4.92 Å². The average molecular weight is 327 g/mol. The SMILES string of the molecule is CNc1ncnc(-n2nc(C)c(Br)c2C)c1[N+](=O)[O-]. The summed E-state index contributed by atoms with van der Waals surface area (Å²) in [5.41, 5.74) is 1.26. The second-order valence-corrected chi connectivity index (χ2v) is 4.59. The molecule has 2 heterocycles. The normalized spacial score (nSPS) is 10.5. The Kier molecular flexibility index (Phi) is 3.47. The molecular weight excluding hydrogens is 316 g/mol. The average Bonchev–Trinajstić information content (AvgIpc) is 2.65. The van der Waals surface area contributed by atoms with Crippen molar-refractivity contribution in [1.82, 2.24) is 19.7 Å². The summed E-state index contributed by atoms with van der Waals surface area (Å²) in [5, 5.41) is 18.1. The van der Waals surface area contributed by atoms with E-state index in [1.54, 1.807) is 20.9 Å². The van der Waals surface area contributed by atoms with Crippen LogP contribution >= 0.6 is 15.9 Å². The molecule has 0 aliphatic carbocycles. The summed E-state index contributed by atoms with van der Waals surface area (Å²) in [7, 11) is 1.57. The van der Waals surface area contributed by atoms with E-state index in [1.165, 1.54) is 11.0 Å². The number of rotatable bonds is 3. The van der Waals surface area contributed by atoms with Gasteiger partial charge in [0.25, 0.3) is 0 Å². The van der Waals surface area contributed by atoms with Crippen LogP contribution in [0.3, 0.4) is 0 Å². The molecule has 0 amide bonds. The monoisotopic (exact) mass is 326 g/mol. The van der Waals surface area contributed by atoms with Crippen LogP contribution in [0, 0.1) is 24.0 Å². The zero-order valence-electron chi connectivity index (χ0n) is 10.5. The Morgan fingerprint density at radius 2 is 2.11 bits per heavy atom. The fraction of sp³-hybridized carbons (Fsp3) is 0.300. The highest BCUT2D eigenvalue weighted by Gasteiger charge is 2.26. The molecule has 0 unspecified atom stereocenters. The lowest BCUT2D eigenvalue weighted by atomic mass is 10.4. The maximum atomic E-state index is 11.2. The lowest BCUT2D eigenvalue weighted by molar-refractivity contribution is -0.384. The van der Waals surface area contributed by atoms with Crippen molar-refractivity contribution in [2.75, 3.05) is 12.4 Å².